The number of hydrogen-bond donors (Lipinski definition) is 3. The first-order chi connectivity index (χ1) is 7.16. The monoisotopic (exact) mass is 213 g/mol. The third-order valence-electron chi connectivity index (χ3n) is 3.21. The van der Waals surface area contributed by atoms with Crippen molar-refractivity contribution in [2.45, 2.75) is 37.5 Å². The number of likely N-dealkylation sites (tertiary alicyclic amines) is 1. The fourth-order valence-electron chi connectivity index (χ4n) is 2.10. The van der Waals surface area contributed by atoms with E-state index in [9.17, 15) is 9.90 Å². The molecule has 0 bridgehead atoms. The van der Waals surface area contributed by atoms with E-state index in [1.165, 1.54) is 12.8 Å². The van der Waals surface area contributed by atoms with Crippen LogP contribution < -0.4 is 11.1 Å². The van der Waals surface area contributed by atoms with Gasteiger partial charge in [-0.1, -0.05) is 0 Å². The van der Waals surface area contributed by atoms with Gasteiger partial charge in [-0.3, -0.25) is 9.69 Å². The Balaban J connectivity index is 1.65. The van der Waals surface area contributed by atoms with Crippen molar-refractivity contribution < 1.29 is 9.90 Å². The summed E-state index contributed by atoms with van der Waals surface area (Å²) in [6.07, 6.45) is 2.70. The SMILES string of the molecule is NC(=O)C(O)CNC1CCN(C2CC2)C1. The van der Waals surface area contributed by atoms with Gasteiger partial charge in [-0.05, 0) is 19.3 Å². The molecule has 1 aliphatic carbocycles. The van der Waals surface area contributed by atoms with Crippen LogP contribution >= 0.6 is 0 Å². The van der Waals surface area contributed by atoms with Crippen LogP contribution in [0.1, 0.15) is 19.3 Å². The Bertz CT molecular complexity index is 243. The molecule has 1 saturated heterocycles. The maximum Gasteiger partial charge on any atom is 0.247 e. The molecule has 5 heteroatoms. The fourth-order valence-corrected chi connectivity index (χ4v) is 2.10. The van der Waals surface area contributed by atoms with E-state index in [-0.39, 0.29) is 6.54 Å². The van der Waals surface area contributed by atoms with Gasteiger partial charge in [0.1, 0.15) is 6.10 Å². The van der Waals surface area contributed by atoms with E-state index in [4.69, 9.17) is 5.73 Å². The highest BCUT2D eigenvalue weighted by molar-refractivity contribution is 5.78. The van der Waals surface area contributed by atoms with Gasteiger partial charge in [-0.25, -0.2) is 0 Å². The Kier molecular flexibility index (Phi) is 3.23. The van der Waals surface area contributed by atoms with E-state index in [0.29, 0.717) is 6.04 Å². The lowest BCUT2D eigenvalue weighted by Crippen LogP contribution is -2.42. The van der Waals surface area contributed by atoms with Crippen molar-refractivity contribution in [1.29, 1.82) is 0 Å². The third-order valence-corrected chi connectivity index (χ3v) is 3.21. The summed E-state index contributed by atoms with van der Waals surface area (Å²) in [5.74, 6) is -0.653. The van der Waals surface area contributed by atoms with E-state index in [1.54, 1.807) is 0 Å². The largest absolute Gasteiger partial charge is 0.382 e. The molecular weight excluding hydrogens is 194 g/mol. The minimum absolute atomic E-state index is 0.276. The summed E-state index contributed by atoms with van der Waals surface area (Å²) in [7, 11) is 0. The van der Waals surface area contributed by atoms with Crippen molar-refractivity contribution >= 4 is 5.91 Å². The molecule has 2 unspecified atom stereocenters. The van der Waals surface area contributed by atoms with Gasteiger partial charge in [0, 0.05) is 31.7 Å². The summed E-state index contributed by atoms with van der Waals surface area (Å²) < 4.78 is 0. The second-order valence-electron chi connectivity index (χ2n) is 4.54. The van der Waals surface area contributed by atoms with Gasteiger partial charge < -0.3 is 16.2 Å². The number of amides is 1. The normalized spacial score (nSPS) is 29.3. The predicted molar refractivity (Wildman–Crippen MR) is 56.2 cm³/mol. The lowest BCUT2D eigenvalue weighted by atomic mass is 10.2. The van der Waals surface area contributed by atoms with E-state index in [1.807, 2.05) is 0 Å². The number of nitrogens with one attached hydrogen (secondary N) is 1. The zero-order chi connectivity index (χ0) is 10.8. The van der Waals surface area contributed by atoms with Crippen LogP contribution in [-0.2, 0) is 4.79 Å². The Hall–Kier alpha value is -0.650. The highest BCUT2D eigenvalue weighted by Crippen LogP contribution is 2.29. The highest BCUT2D eigenvalue weighted by atomic mass is 16.3. The number of aliphatic hydroxyl groups is 1. The van der Waals surface area contributed by atoms with Gasteiger partial charge >= 0.3 is 0 Å². The molecule has 0 spiro atoms. The summed E-state index contributed by atoms with van der Waals surface area (Å²) in [5, 5.41) is 12.4. The molecule has 1 saturated carbocycles. The molecule has 2 atom stereocenters. The van der Waals surface area contributed by atoms with Crippen LogP contribution in [0.5, 0.6) is 0 Å². The maximum absolute atomic E-state index is 10.6. The van der Waals surface area contributed by atoms with Crippen molar-refractivity contribution in [3.63, 3.8) is 0 Å². The number of hydrogen-bond acceptors (Lipinski definition) is 4. The zero-order valence-electron chi connectivity index (χ0n) is 8.85. The summed E-state index contributed by atoms with van der Waals surface area (Å²) in [5.41, 5.74) is 4.97. The van der Waals surface area contributed by atoms with Gasteiger partial charge in [0.05, 0.1) is 0 Å². The fraction of sp³-hybridized carbons (Fsp3) is 0.900. The van der Waals surface area contributed by atoms with Crippen LogP contribution in [0.15, 0.2) is 0 Å². The Labute approximate surface area is 89.6 Å². The molecule has 0 aromatic heterocycles. The average molecular weight is 213 g/mol. The molecule has 1 aliphatic heterocycles. The van der Waals surface area contributed by atoms with Gasteiger partial charge in [0.15, 0.2) is 0 Å². The molecule has 0 aromatic rings. The van der Waals surface area contributed by atoms with Crippen molar-refractivity contribution in [2.24, 2.45) is 5.73 Å². The first-order valence-electron chi connectivity index (χ1n) is 5.61. The average Bonchev–Trinajstić information content (AvgIpc) is 2.95. The van der Waals surface area contributed by atoms with E-state index < -0.39 is 12.0 Å². The molecule has 1 amide bonds. The van der Waals surface area contributed by atoms with Crippen LogP contribution in [0.3, 0.4) is 0 Å². The summed E-state index contributed by atoms with van der Waals surface area (Å²) in [4.78, 5) is 13.1. The molecular formula is C10H19N3O2. The molecule has 5 nitrogen and oxygen atoms in total. The van der Waals surface area contributed by atoms with Crippen LogP contribution in [-0.4, -0.2) is 53.7 Å². The lowest BCUT2D eigenvalue weighted by molar-refractivity contribution is -0.125. The molecule has 0 radical (unpaired) electrons. The summed E-state index contributed by atoms with van der Waals surface area (Å²) in [6.45, 7) is 2.45. The summed E-state index contributed by atoms with van der Waals surface area (Å²) >= 11 is 0. The Morgan fingerprint density at radius 2 is 2.27 bits per heavy atom. The smallest absolute Gasteiger partial charge is 0.247 e. The molecule has 4 N–H and O–H groups in total. The Morgan fingerprint density at radius 3 is 2.87 bits per heavy atom. The highest BCUT2D eigenvalue weighted by Gasteiger charge is 2.34. The molecule has 15 heavy (non-hydrogen) atoms. The summed E-state index contributed by atoms with van der Waals surface area (Å²) in [6, 6.07) is 1.21. The van der Waals surface area contributed by atoms with Crippen molar-refractivity contribution in [3.05, 3.63) is 0 Å². The number of carbonyl (C=O) groups excluding carboxylic acids is 1. The molecule has 2 rings (SSSR count). The van der Waals surface area contributed by atoms with E-state index in [2.05, 4.69) is 10.2 Å². The van der Waals surface area contributed by atoms with E-state index >= 15 is 0 Å². The minimum atomic E-state index is -1.06. The molecule has 2 aliphatic rings. The molecule has 0 aromatic carbocycles. The third kappa shape index (κ3) is 2.90. The number of nitrogens with zero attached hydrogens (tertiary/aromatic N) is 1. The quantitative estimate of drug-likeness (QED) is 0.528. The van der Waals surface area contributed by atoms with Gasteiger partial charge in [0.2, 0.25) is 5.91 Å². The van der Waals surface area contributed by atoms with Crippen molar-refractivity contribution in [3.8, 4) is 0 Å². The molecule has 86 valence electrons. The number of aliphatic hydroxyl groups excluding tert-OH is 1. The number of nitrogens with two attached hydrogens (primary N) is 1. The number of primary amides is 1. The first-order valence-corrected chi connectivity index (χ1v) is 5.61. The standard InChI is InChI=1S/C10H19N3O2/c11-10(15)9(14)5-12-7-3-4-13(6-7)8-1-2-8/h7-9,12,14H,1-6H2,(H2,11,15). The molecule has 1 heterocycles. The maximum atomic E-state index is 10.6. The van der Waals surface area contributed by atoms with Gasteiger partial charge in [0.25, 0.3) is 0 Å². The Morgan fingerprint density at radius 1 is 1.53 bits per heavy atom. The van der Waals surface area contributed by atoms with Crippen LogP contribution in [0, 0.1) is 0 Å². The van der Waals surface area contributed by atoms with E-state index in [0.717, 1.165) is 25.6 Å². The minimum Gasteiger partial charge on any atom is -0.382 e. The molecule has 2 fully saturated rings. The first kappa shape index (κ1) is 10.9. The predicted octanol–water partition coefficient (Wildman–Crippen LogP) is -1.34. The van der Waals surface area contributed by atoms with Gasteiger partial charge in [-0.15, -0.1) is 0 Å². The lowest BCUT2D eigenvalue weighted by Gasteiger charge is -2.16. The zero-order valence-corrected chi connectivity index (χ0v) is 8.85. The topological polar surface area (TPSA) is 78.6 Å². The second kappa shape index (κ2) is 4.47. The van der Waals surface area contributed by atoms with Gasteiger partial charge in [-0.2, -0.15) is 0 Å². The second-order valence-corrected chi connectivity index (χ2v) is 4.54. The van der Waals surface area contributed by atoms with Crippen molar-refractivity contribution in [1.82, 2.24) is 10.2 Å². The van der Waals surface area contributed by atoms with Crippen LogP contribution in [0.25, 0.3) is 0 Å². The number of carbonyl (C=O) groups is 1. The number of rotatable bonds is 5. The van der Waals surface area contributed by atoms with Crippen LogP contribution in [0.2, 0.25) is 0 Å². The van der Waals surface area contributed by atoms with Crippen LogP contribution in [0.4, 0.5) is 0 Å². The van der Waals surface area contributed by atoms with Crippen molar-refractivity contribution in [2.75, 3.05) is 19.6 Å².